The lowest BCUT2D eigenvalue weighted by molar-refractivity contribution is -0.127. The number of carbonyl (C=O) groups is 3. The van der Waals surface area contributed by atoms with Gasteiger partial charge in [-0.15, -0.1) is 0 Å². The largest absolute Gasteiger partial charge is 0.350 e. The molecule has 0 aliphatic heterocycles. The Kier molecular flexibility index (Phi) is 5.26. The molecular formula is C23H22ClNO3. The lowest BCUT2D eigenvalue weighted by Gasteiger charge is -2.29. The van der Waals surface area contributed by atoms with E-state index in [0.717, 1.165) is 5.56 Å². The first-order valence-corrected chi connectivity index (χ1v) is 9.45. The van der Waals surface area contributed by atoms with Crippen LogP contribution in [-0.2, 0) is 11.2 Å². The number of nitrogens with one attached hydrogen (secondary N) is 1. The van der Waals surface area contributed by atoms with Gasteiger partial charge in [-0.25, -0.2) is 0 Å². The number of ketones is 2. The monoisotopic (exact) mass is 395 g/mol. The van der Waals surface area contributed by atoms with Crippen LogP contribution < -0.4 is 5.32 Å². The standard InChI is InChI=1S/C23H22ClNO3/c1-22(2,3)25-21(28)23(12-11-19(26)15-7-5-4-6-8-15)14-16-9-10-17(24)13-18(16)20(23)27/h4-13H,14H2,1-3H3,(H,25,28)/b12-11+. The van der Waals surface area contributed by atoms with E-state index in [4.69, 9.17) is 11.6 Å². The van der Waals surface area contributed by atoms with Gasteiger partial charge >= 0.3 is 0 Å². The Morgan fingerprint density at radius 2 is 1.79 bits per heavy atom. The van der Waals surface area contributed by atoms with E-state index in [-0.39, 0.29) is 18.0 Å². The summed E-state index contributed by atoms with van der Waals surface area (Å²) in [6.07, 6.45) is 2.96. The predicted molar refractivity (Wildman–Crippen MR) is 110 cm³/mol. The zero-order valence-electron chi connectivity index (χ0n) is 16.1. The van der Waals surface area contributed by atoms with Crippen molar-refractivity contribution in [3.63, 3.8) is 0 Å². The van der Waals surface area contributed by atoms with E-state index in [0.29, 0.717) is 16.1 Å². The van der Waals surface area contributed by atoms with Gasteiger partial charge in [0.25, 0.3) is 0 Å². The van der Waals surface area contributed by atoms with Gasteiger partial charge in [-0.3, -0.25) is 14.4 Å². The van der Waals surface area contributed by atoms with Crippen LogP contribution in [0.15, 0.2) is 60.7 Å². The van der Waals surface area contributed by atoms with Crippen molar-refractivity contribution in [2.45, 2.75) is 32.7 Å². The maximum atomic E-state index is 13.3. The minimum atomic E-state index is -1.47. The molecule has 3 rings (SSSR count). The van der Waals surface area contributed by atoms with Crippen molar-refractivity contribution in [1.29, 1.82) is 0 Å². The first kappa shape index (κ1) is 20.0. The fraction of sp³-hybridized carbons (Fsp3) is 0.261. The minimum Gasteiger partial charge on any atom is -0.350 e. The highest BCUT2D eigenvalue weighted by Crippen LogP contribution is 2.40. The van der Waals surface area contributed by atoms with Crippen LogP contribution in [0.4, 0.5) is 0 Å². The molecule has 4 nitrogen and oxygen atoms in total. The summed E-state index contributed by atoms with van der Waals surface area (Å²) in [4.78, 5) is 39.0. The number of hydrogen-bond acceptors (Lipinski definition) is 3. The highest BCUT2D eigenvalue weighted by Gasteiger charge is 2.50. The molecule has 0 saturated carbocycles. The van der Waals surface area contributed by atoms with Gasteiger partial charge in [-0.2, -0.15) is 0 Å². The highest BCUT2D eigenvalue weighted by atomic mass is 35.5. The Balaban J connectivity index is 2.02. The van der Waals surface area contributed by atoms with Crippen LogP contribution in [0, 0.1) is 5.41 Å². The molecule has 0 radical (unpaired) electrons. The molecule has 0 spiro atoms. The second-order valence-corrected chi connectivity index (χ2v) is 8.48. The summed E-state index contributed by atoms with van der Waals surface area (Å²) >= 11 is 6.05. The van der Waals surface area contributed by atoms with Gasteiger partial charge in [0.15, 0.2) is 11.6 Å². The maximum Gasteiger partial charge on any atom is 0.238 e. The zero-order valence-corrected chi connectivity index (χ0v) is 16.8. The number of amides is 1. The van der Waals surface area contributed by atoms with Gasteiger partial charge in [-0.05, 0) is 51.0 Å². The quantitative estimate of drug-likeness (QED) is 0.473. The van der Waals surface area contributed by atoms with Crippen molar-refractivity contribution >= 4 is 29.1 Å². The van der Waals surface area contributed by atoms with E-state index in [2.05, 4.69) is 5.32 Å². The minimum absolute atomic E-state index is 0.193. The predicted octanol–water partition coefficient (Wildman–Crippen LogP) is 4.42. The average Bonchev–Trinajstić information content (AvgIpc) is 2.92. The first-order valence-electron chi connectivity index (χ1n) is 9.07. The molecular weight excluding hydrogens is 374 g/mol. The van der Waals surface area contributed by atoms with E-state index in [1.807, 2.05) is 26.8 Å². The fourth-order valence-electron chi connectivity index (χ4n) is 3.30. The third-order valence-corrected chi connectivity index (χ3v) is 4.90. The number of benzene rings is 2. The Hall–Kier alpha value is -2.72. The van der Waals surface area contributed by atoms with Gasteiger partial charge in [0.1, 0.15) is 5.41 Å². The molecule has 1 N–H and O–H groups in total. The molecule has 0 fully saturated rings. The van der Waals surface area contributed by atoms with Crippen LogP contribution in [0.5, 0.6) is 0 Å². The summed E-state index contributed by atoms with van der Waals surface area (Å²) in [5, 5.41) is 3.32. The lowest BCUT2D eigenvalue weighted by atomic mass is 9.81. The Bertz CT molecular complexity index is 973. The van der Waals surface area contributed by atoms with Gasteiger partial charge in [-0.1, -0.05) is 54.1 Å². The van der Waals surface area contributed by atoms with Gasteiger partial charge < -0.3 is 5.32 Å². The molecule has 0 bridgehead atoms. The van der Waals surface area contributed by atoms with Crippen molar-refractivity contribution in [2.24, 2.45) is 5.41 Å². The van der Waals surface area contributed by atoms with Crippen molar-refractivity contribution in [1.82, 2.24) is 5.32 Å². The third kappa shape index (κ3) is 3.92. The molecule has 1 amide bonds. The molecule has 5 heteroatoms. The zero-order chi connectivity index (χ0) is 20.5. The molecule has 144 valence electrons. The van der Waals surface area contributed by atoms with Crippen LogP contribution in [0.2, 0.25) is 5.02 Å². The number of fused-ring (bicyclic) bond motifs is 1. The topological polar surface area (TPSA) is 63.2 Å². The first-order chi connectivity index (χ1) is 13.1. The van der Waals surface area contributed by atoms with Gasteiger partial charge in [0.05, 0.1) is 0 Å². The van der Waals surface area contributed by atoms with Crippen LogP contribution in [0.1, 0.15) is 47.1 Å². The van der Waals surface area contributed by atoms with Crippen LogP contribution >= 0.6 is 11.6 Å². The molecule has 0 aromatic heterocycles. The molecule has 2 aromatic carbocycles. The van der Waals surface area contributed by atoms with E-state index in [9.17, 15) is 14.4 Å². The van der Waals surface area contributed by atoms with E-state index in [1.165, 1.54) is 12.2 Å². The molecule has 1 atom stereocenters. The smallest absolute Gasteiger partial charge is 0.238 e. The normalized spacial score (nSPS) is 18.9. The Morgan fingerprint density at radius 3 is 2.43 bits per heavy atom. The van der Waals surface area contributed by atoms with Crippen molar-refractivity contribution in [3.05, 3.63) is 82.4 Å². The van der Waals surface area contributed by atoms with Crippen molar-refractivity contribution < 1.29 is 14.4 Å². The molecule has 1 aliphatic carbocycles. The highest BCUT2D eigenvalue weighted by molar-refractivity contribution is 6.31. The summed E-state index contributed by atoms with van der Waals surface area (Å²) in [6, 6.07) is 13.8. The molecule has 0 heterocycles. The van der Waals surface area contributed by atoms with E-state index < -0.39 is 16.9 Å². The summed E-state index contributed by atoms with van der Waals surface area (Å²) in [7, 11) is 0. The van der Waals surface area contributed by atoms with E-state index in [1.54, 1.807) is 42.5 Å². The van der Waals surface area contributed by atoms with Crippen LogP contribution in [-0.4, -0.2) is 23.0 Å². The second-order valence-electron chi connectivity index (χ2n) is 8.05. The number of hydrogen-bond donors (Lipinski definition) is 1. The van der Waals surface area contributed by atoms with Crippen molar-refractivity contribution in [3.8, 4) is 0 Å². The SMILES string of the molecule is CC(C)(C)NC(=O)C1(/C=C/C(=O)c2ccccc2)Cc2ccc(Cl)cc2C1=O. The van der Waals surface area contributed by atoms with E-state index >= 15 is 0 Å². The molecule has 1 unspecified atom stereocenters. The number of halogens is 1. The number of allylic oxidation sites excluding steroid dienone is 1. The number of Topliss-reactive ketones (excluding diaryl/α,β-unsaturated/α-hetero) is 1. The summed E-state index contributed by atoms with van der Waals surface area (Å²) in [5.74, 6) is -1.02. The average molecular weight is 396 g/mol. The molecule has 2 aromatic rings. The lowest BCUT2D eigenvalue weighted by Crippen LogP contribution is -2.51. The second kappa shape index (κ2) is 7.36. The summed E-state index contributed by atoms with van der Waals surface area (Å²) in [6.45, 7) is 5.54. The summed E-state index contributed by atoms with van der Waals surface area (Å²) in [5.41, 5.74) is -0.321. The van der Waals surface area contributed by atoms with Crippen LogP contribution in [0.3, 0.4) is 0 Å². The molecule has 0 saturated heterocycles. The van der Waals surface area contributed by atoms with Gasteiger partial charge in [0.2, 0.25) is 5.91 Å². The number of rotatable bonds is 4. The summed E-state index contributed by atoms with van der Waals surface area (Å²) < 4.78 is 0. The maximum absolute atomic E-state index is 13.3. The fourth-order valence-corrected chi connectivity index (χ4v) is 3.47. The molecule has 28 heavy (non-hydrogen) atoms. The van der Waals surface area contributed by atoms with Crippen LogP contribution in [0.25, 0.3) is 0 Å². The Labute approximate surface area is 169 Å². The molecule has 1 aliphatic rings. The third-order valence-electron chi connectivity index (χ3n) is 4.66. The van der Waals surface area contributed by atoms with Crippen molar-refractivity contribution in [2.75, 3.05) is 0 Å². The Morgan fingerprint density at radius 1 is 1.11 bits per heavy atom. The van der Waals surface area contributed by atoms with Gasteiger partial charge in [0, 0.05) is 21.7 Å². The number of carbonyl (C=O) groups excluding carboxylic acids is 3.